The van der Waals surface area contributed by atoms with Crippen LogP contribution in [0.25, 0.3) is 21.9 Å². The van der Waals surface area contributed by atoms with Crippen LogP contribution < -0.4 is 5.63 Å². The van der Waals surface area contributed by atoms with Crippen LogP contribution in [0.4, 0.5) is 0 Å². The van der Waals surface area contributed by atoms with E-state index >= 15 is 0 Å². The van der Waals surface area contributed by atoms with E-state index in [0.29, 0.717) is 30.0 Å². The molecule has 2 heterocycles. The highest BCUT2D eigenvalue weighted by Crippen LogP contribution is 2.32. The Morgan fingerprint density at radius 3 is 2.21 bits per heavy atom. The third-order valence-corrected chi connectivity index (χ3v) is 6.64. The number of carbonyl (C=O) groups is 1. The Hall–Kier alpha value is -3.66. The van der Waals surface area contributed by atoms with Crippen molar-refractivity contribution in [2.24, 2.45) is 5.92 Å². The maximum Gasteiger partial charge on any atom is 0.344 e. The molecule has 0 aliphatic carbocycles. The van der Waals surface area contributed by atoms with Gasteiger partial charge in [0.05, 0.1) is 5.39 Å². The molecule has 5 rings (SSSR count). The summed E-state index contributed by atoms with van der Waals surface area (Å²) in [4.78, 5) is 28.2. The molecule has 3 aromatic carbocycles. The molecular formula is C29H27NO3. The highest BCUT2D eigenvalue weighted by Gasteiger charge is 2.29. The Bertz CT molecular complexity index is 1330. The number of aryl methyl sites for hydroxylation is 1. The van der Waals surface area contributed by atoms with E-state index in [1.165, 1.54) is 5.56 Å². The number of carbonyl (C=O) groups excluding carboxylic acids is 1. The van der Waals surface area contributed by atoms with Gasteiger partial charge in [0.1, 0.15) is 0 Å². The van der Waals surface area contributed by atoms with Gasteiger partial charge in [0.25, 0.3) is 5.91 Å². The van der Waals surface area contributed by atoms with E-state index in [1.807, 2.05) is 60.4 Å². The lowest BCUT2D eigenvalue weighted by molar-refractivity contribution is 0.0655. The Morgan fingerprint density at radius 2 is 1.52 bits per heavy atom. The highest BCUT2D eigenvalue weighted by atomic mass is 16.4. The summed E-state index contributed by atoms with van der Waals surface area (Å²) >= 11 is 0. The summed E-state index contributed by atoms with van der Waals surface area (Å²) < 4.78 is 5.70. The van der Waals surface area contributed by atoms with E-state index in [2.05, 4.69) is 24.3 Å². The van der Waals surface area contributed by atoms with Gasteiger partial charge in [-0.15, -0.1) is 0 Å². The van der Waals surface area contributed by atoms with Crippen molar-refractivity contribution in [3.63, 3.8) is 0 Å². The van der Waals surface area contributed by atoms with Crippen molar-refractivity contribution in [2.45, 2.75) is 26.2 Å². The van der Waals surface area contributed by atoms with Gasteiger partial charge in [-0.1, -0.05) is 78.4 Å². The molecule has 0 N–H and O–H groups in total. The zero-order valence-corrected chi connectivity index (χ0v) is 18.8. The average Bonchev–Trinajstić information content (AvgIpc) is 2.85. The van der Waals surface area contributed by atoms with Crippen molar-refractivity contribution in [3.8, 4) is 11.1 Å². The summed E-state index contributed by atoms with van der Waals surface area (Å²) in [6.07, 6.45) is 2.92. The fourth-order valence-corrected chi connectivity index (χ4v) is 4.79. The van der Waals surface area contributed by atoms with Crippen LogP contribution in [0.1, 0.15) is 34.5 Å². The van der Waals surface area contributed by atoms with Crippen LogP contribution in [0.15, 0.2) is 88.1 Å². The molecule has 1 saturated heterocycles. The van der Waals surface area contributed by atoms with E-state index in [4.69, 9.17) is 4.42 Å². The normalized spacial score (nSPS) is 14.5. The van der Waals surface area contributed by atoms with E-state index in [9.17, 15) is 9.59 Å². The molecule has 0 spiro atoms. The van der Waals surface area contributed by atoms with Crippen LogP contribution in [-0.2, 0) is 6.42 Å². The summed E-state index contributed by atoms with van der Waals surface area (Å²) in [5.41, 5.74) is 3.58. The number of piperidine rings is 1. The monoisotopic (exact) mass is 437 g/mol. The lowest BCUT2D eigenvalue weighted by Gasteiger charge is -2.32. The van der Waals surface area contributed by atoms with Crippen LogP contribution in [0, 0.1) is 12.8 Å². The second-order valence-electron chi connectivity index (χ2n) is 8.93. The molecule has 0 atom stereocenters. The van der Waals surface area contributed by atoms with E-state index in [-0.39, 0.29) is 11.7 Å². The predicted molar refractivity (Wildman–Crippen MR) is 131 cm³/mol. The number of hydrogen-bond donors (Lipinski definition) is 0. The standard InChI is InChI=1S/C29H27NO3/c1-20-11-13-23(14-12-20)26-24-9-5-6-10-25(24)29(32)33-27(26)28(31)30-17-15-22(16-18-30)19-21-7-3-2-4-8-21/h2-14,22H,15-19H2,1H3. The maximum absolute atomic E-state index is 13.6. The van der Waals surface area contributed by atoms with Gasteiger partial charge in [0, 0.05) is 24.0 Å². The lowest BCUT2D eigenvalue weighted by Crippen LogP contribution is -2.39. The Morgan fingerprint density at radius 1 is 0.879 bits per heavy atom. The van der Waals surface area contributed by atoms with Crippen LogP contribution in [-0.4, -0.2) is 23.9 Å². The summed E-state index contributed by atoms with van der Waals surface area (Å²) in [6.45, 7) is 3.36. The van der Waals surface area contributed by atoms with Gasteiger partial charge in [-0.25, -0.2) is 4.79 Å². The second kappa shape index (κ2) is 9.07. The molecule has 4 nitrogen and oxygen atoms in total. The number of hydrogen-bond acceptors (Lipinski definition) is 3. The van der Waals surface area contributed by atoms with Crippen molar-refractivity contribution in [1.82, 2.24) is 4.90 Å². The van der Waals surface area contributed by atoms with Crippen molar-refractivity contribution in [1.29, 1.82) is 0 Å². The summed E-state index contributed by atoms with van der Waals surface area (Å²) in [5, 5.41) is 1.24. The van der Waals surface area contributed by atoms with Crippen LogP contribution >= 0.6 is 0 Å². The summed E-state index contributed by atoms with van der Waals surface area (Å²) in [6, 6.07) is 25.9. The van der Waals surface area contributed by atoms with Crippen LogP contribution in [0.3, 0.4) is 0 Å². The van der Waals surface area contributed by atoms with Crippen molar-refractivity contribution in [2.75, 3.05) is 13.1 Å². The van der Waals surface area contributed by atoms with Gasteiger partial charge in [-0.05, 0) is 49.3 Å². The molecule has 0 saturated carbocycles. The van der Waals surface area contributed by atoms with E-state index < -0.39 is 5.63 Å². The number of fused-ring (bicyclic) bond motifs is 1. The molecule has 4 aromatic rings. The van der Waals surface area contributed by atoms with Gasteiger partial charge in [0.2, 0.25) is 5.76 Å². The molecule has 4 heteroatoms. The van der Waals surface area contributed by atoms with Crippen molar-refractivity contribution in [3.05, 3.63) is 106 Å². The fraction of sp³-hybridized carbons (Fsp3) is 0.241. The quantitative estimate of drug-likeness (QED) is 0.402. The van der Waals surface area contributed by atoms with Gasteiger partial charge in [0.15, 0.2) is 0 Å². The minimum Gasteiger partial charge on any atom is -0.416 e. The third kappa shape index (κ3) is 4.34. The topological polar surface area (TPSA) is 50.5 Å². The first-order valence-electron chi connectivity index (χ1n) is 11.6. The van der Waals surface area contributed by atoms with Crippen LogP contribution in [0.2, 0.25) is 0 Å². The molecule has 0 unspecified atom stereocenters. The molecule has 0 radical (unpaired) electrons. The molecule has 1 aliphatic heterocycles. The highest BCUT2D eigenvalue weighted by molar-refractivity contribution is 6.07. The lowest BCUT2D eigenvalue weighted by atomic mass is 9.90. The Labute approximate surface area is 193 Å². The molecule has 1 fully saturated rings. The first-order chi connectivity index (χ1) is 16.1. The van der Waals surface area contributed by atoms with E-state index in [0.717, 1.165) is 35.8 Å². The second-order valence-corrected chi connectivity index (χ2v) is 8.93. The molecule has 1 aliphatic rings. The van der Waals surface area contributed by atoms with Gasteiger partial charge in [-0.3, -0.25) is 4.79 Å². The smallest absolute Gasteiger partial charge is 0.344 e. The maximum atomic E-state index is 13.6. The fourth-order valence-electron chi connectivity index (χ4n) is 4.79. The average molecular weight is 438 g/mol. The molecule has 1 aromatic heterocycles. The number of benzene rings is 3. The predicted octanol–water partition coefficient (Wildman–Crippen LogP) is 5.86. The summed E-state index contributed by atoms with van der Waals surface area (Å²) in [7, 11) is 0. The SMILES string of the molecule is Cc1ccc(-c2c(C(=O)N3CCC(Cc4ccccc4)CC3)oc(=O)c3ccccc23)cc1. The zero-order valence-electron chi connectivity index (χ0n) is 18.8. The van der Waals surface area contributed by atoms with Gasteiger partial charge >= 0.3 is 5.63 Å². The number of rotatable bonds is 4. The van der Waals surface area contributed by atoms with Crippen molar-refractivity contribution >= 4 is 16.7 Å². The summed E-state index contributed by atoms with van der Waals surface area (Å²) in [5.74, 6) is 0.493. The Balaban J connectivity index is 1.46. The zero-order chi connectivity index (χ0) is 22.8. The number of amides is 1. The van der Waals surface area contributed by atoms with Crippen molar-refractivity contribution < 1.29 is 9.21 Å². The first kappa shape index (κ1) is 21.2. The molecule has 1 amide bonds. The van der Waals surface area contributed by atoms with Gasteiger partial charge < -0.3 is 9.32 Å². The number of nitrogens with zero attached hydrogens (tertiary/aromatic N) is 1. The minimum atomic E-state index is -0.469. The molecular weight excluding hydrogens is 410 g/mol. The third-order valence-electron chi connectivity index (χ3n) is 6.64. The molecule has 0 bridgehead atoms. The Kier molecular flexibility index (Phi) is 5.82. The minimum absolute atomic E-state index is 0.143. The van der Waals surface area contributed by atoms with Crippen LogP contribution in [0.5, 0.6) is 0 Å². The first-order valence-corrected chi connectivity index (χ1v) is 11.6. The largest absolute Gasteiger partial charge is 0.416 e. The molecule has 166 valence electrons. The molecule has 33 heavy (non-hydrogen) atoms. The van der Waals surface area contributed by atoms with Gasteiger partial charge in [-0.2, -0.15) is 0 Å². The van der Waals surface area contributed by atoms with E-state index in [1.54, 1.807) is 6.07 Å². The number of likely N-dealkylation sites (tertiary alicyclic amines) is 1.